The molecule has 0 bridgehead atoms. The van der Waals surface area contributed by atoms with Gasteiger partial charge in [-0.3, -0.25) is 9.59 Å². The Hall–Kier alpha value is -4.14. The van der Waals surface area contributed by atoms with Crippen LogP contribution in [0.5, 0.6) is 5.75 Å². The Labute approximate surface area is 208 Å². The molecule has 0 saturated heterocycles. The Morgan fingerprint density at radius 2 is 1.69 bits per heavy atom. The quantitative estimate of drug-likeness (QED) is 0.369. The van der Waals surface area contributed by atoms with Gasteiger partial charge in [0.15, 0.2) is 6.61 Å². The second-order valence-corrected chi connectivity index (χ2v) is 8.91. The highest BCUT2D eigenvalue weighted by molar-refractivity contribution is 5.89. The zero-order chi connectivity index (χ0) is 26.4. The van der Waals surface area contributed by atoms with Crippen molar-refractivity contribution in [1.82, 2.24) is 10.6 Å². The van der Waals surface area contributed by atoms with E-state index in [2.05, 4.69) is 10.6 Å². The van der Waals surface area contributed by atoms with Gasteiger partial charge in [0, 0.05) is 22.9 Å². The van der Waals surface area contributed by atoms with E-state index in [9.17, 15) is 19.2 Å². The van der Waals surface area contributed by atoms with Crippen molar-refractivity contribution in [3.63, 3.8) is 0 Å². The first kappa shape index (κ1) is 26.5. The molecule has 0 spiro atoms. The minimum atomic E-state index is -1.14. The Bertz CT molecular complexity index is 1330. The number of carboxylic acid groups (broad SMARTS) is 1. The predicted molar refractivity (Wildman–Crippen MR) is 134 cm³/mol. The number of aryl methyl sites for hydroxylation is 2. The van der Waals surface area contributed by atoms with Gasteiger partial charge in [0.2, 0.25) is 5.91 Å². The molecule has 0 unspecified atom stereocenters. The Kier molecular flexibility index (Phi) is 8.47. The summed E-state index contributed by atoms with van der Waals surface area (Å²) >= 11 is 0. The van der Waals surface area contributed by atoms with Crippen molar-refractivity contribution in [2.45, 2.75) is 40.2 Å². The van der Waals surface area contributed by atoms with Gasteiger partial charge in [-0.25, -0.2) is 9.59 Å². The summed E-state index contributed by atoms with van der Waals surface area (Å²) in [6.45, 7) is 6.20. The number of fused-ring (bicyclic) bond motifs is 1. The number of rotatable bonds is 10. The molecule has 9 heteroatoms. The lowest BCUT2D eigenvalue weighted by Gasteiger charge is -2.18. The molecule has 190 valence electrons. The number of ether oxygens (including phenoxy) is 1. The number of hydrogen-bond acceptors (Lipinski definition) is 6. The molecule has 0 aliphatic rings. The SMILES string of the molecule is Cc1c(Cc2ccccc2)c(=O)oc2c(C)c(OCC(=O)NCC(=O)N[C@H](C(=O)O)C(C)C)ccc12. The maximum Gasteiger partial charge on any atom is 0.340 e. The second kappa shape index (κ2) is 11.5. The minimum Gasteiger partial charge on any atom is -0.483 e. The molecular weight excluding hydrogens is 464 g/mol. The average Bonchev–Trinajstić information content (AvgIpc) is 2.84. The highest BCUT2D eigenvalue weighted by Crippen LogP contribution is 2.30. The molecule has 3 N–H and O–H groups in total. The van der Waals surface area contributed by atoms with Gasteiger partial charge < -0.3 is 24.9 Å². The molecule has 3 aromatic rings. The first-order valence-electron chi connectivity index (χ1n) is 11.6. The van der Waals surface area contributed by atoms with E-state index in [0.29, 0.717) is 28.9 Å². The van der Waals surface area contributed by atoms with Gasteiger partial charge in [0.25, 0.3) is 5.91 Å². The molecule has 0 aliphatic heterocycles. The number of hydrogen-bond donors (Lipinski definition) is 3. The first-order chi connectivity index (χ1) is 17.1. The van der Waals surface area contributed by atoms with Crippen LogP contribution in [0.3, 0.4) is 0 Å². The molecule has 1 atom stereocenters. The fraction of sp³-hybridized carbons (Fsp3) is 0.333. The highest BCUT2D eigenvalue weighted by Gasteiger charge is 2.23. The van der Waals surface area contributed by atoms with Gasteiger partial charge in [-0.1, -0.05) is 44.2 Å². The third kappa shape index (κ3) is 6.29. The molecule has 1 aromatic heterocycles. The second-order valence-electron chi connectivity index (χ2n) is 8.91. The van der Waals surface area contributed by atoms with Crippen LogP contribution in [-0.4, -0.2) is 42.1 Å². The fourth-order valence-electron chi connectivity index (χ4n) is 3.84. The number of aliphatic carboxylic acids is 1. The van der Waals surface area contributed by atoms with Crippen LogP contribution >= 0.6 is 0 Å². The van der Waals surface area contributed by atoms with Crippen molar-refractivity contribution >= 4 is 28.8 Å². The average molecular weight is 495 g/mol. The summed E-state index contributed by atoms with van der Waals surface area (Å²) in [7, 11) is 0. The summed E-state index contributed by atoms with van der Waals surface area (Å²) in [6.07, 6.45) is 0.459. The van der Waals surface area contributed by atoms with E-state index in [1.807, 2.05) is 37.3 Å². The Morgan fingerprint density at radius 3 is 2.33 bits per heavy atom. The maximum absolute atomic E-state index is 12.8. The van der Waals surface area contributed by atoms with Crippen LogP contribution in [0.15, 0.2) is 51.7 Å². The van der Waals surface area contributed by atoms with Crippen LogP contribution < -0.4 is 21.0 Å². The molecule has 0 radical (unpaired) electrons. The number of benzene rings is 2. The normalized spacial score (nSPS) is 11.8. The maximum atomic E-state index is 12.8. The summed E-state index contributed by atoms with van der Waals surface area (Å²) in [5.41, 5.74) is 2.96. The van der Waals surface area contributed by atoms with Gasteiger partial charge >= 0.3 is 11.6 Å². The number of carbonyl (C=O) groups excluding carboxylic acids is 2. The fourth-order valence-corrected chi connectivity index (χ4v) is 3.84. The van der Waals surface area contributed by atoms with Crippen LogP contribution in [0.4, 0.5) is 0 Å². The zero-order valence-electron chi connectivity index (χ0n) is 20.7. The van der Waals surface area contributed by atoms with E-state index in [0.717, 1.165) is 16.5 Å². The Balaban J connectivity index is 1.66. The summed E-state index contributed by atoms with van der Waals surface area (Å²) in [5.74, 6) is -2.26. The van der Waals surface area contributed by atoms with Gasteiger partial charge in [0.1, 0.15) is 17.4 Å². The third-order valence-corrected chi connectivity index (χ3v) is 5.93. The van der Waals surface area contributed by atoms with Crippen LogP contribution in [0.2, 0.25) is 0 Å². The molecule has 1 heterocycles. The van der Waals surface area contributed by atoms with Crippen molar-refractivity contribution in [2.75, 3.05) is 13.2 Å². The molecule has 9 nitrogen and oxygen atoms in total. The predicted octanol–water partition coefficient (Wildman–Crippen LogP) is 2.72. The van der Waals surface area contributed by atoms with Gasteiger partial charge in [0.05, 0.1) is 6.54 Å². The minimum absolute atomic E-state index is 0.306. The van der Waals surface area contributed by atoms with Crippen LogP contribution in [0.25, 0.3) is 11.0 Å². The molecule has 36 heavy (non-hydrogen) atoms. The van der Waals surface area contributed by atoms with Crippen molar-refractivity contribution in [3.8, 4) is 5.75 Å². The lowest BCUT2D eigenvalue weighted by Crippen LogP contribution is -2.48. The lowest BCUT2D eigenvalue weighted by molar-refractivity contribution is -0.143. The molecule has 2 amide bonds. The standard InChI is InChI=1S/C27H30N2O7/c1-15(2)24(26(32)33)29-22(30)13-28-23(31)14-35-21-11-10-19-16(3)20(12-18-8-6-5-7-9-18)27(34)36-25(19)17(21)4/h5-11,15,24H,12-14H2,1-4H3,(H,28,31)(H,29,30)(H,32,33)/t24-/m0/s1. The Morgan fingerprint density at radius 1 is 1.00 bits per heavy atom. The summed E-state index contributed by atoms with van der Waals surface area (Å²) in [4.78, 5) is 48.1. The van der Waals surface area contributed by atoms with E-state index < -0.39 is 29.5 Å². The lowest BCUT2D eigenvalue weighted by atomic mass is 9.98. The summed E-state index contributed by atoms with van der Waals surface area (Å²) < 4.78 is 11.2. The zero-order valence-corrected chi connectivity index (χ0v) is 20.7. The van der Waals surface area contributed by atoms with Crippen molar-refractivity contribution < 1.29 is 28.6 Å². The molecule has 2 aromatic carbocycles. The highest BCUT2D eigenvalue weighted by atomic mass is 16.5. The molecule has 0 aliphatic carbocycles. The number of carbonyl (C=O) groups is 3. The van der Waals surface area contributed by atoms with E-state index in [-0.39, 0.29) is 19.1 Å². The van der Waals surface area contributed by atoms with Gasteiger partial charge in [-0.05, 0) is 43.0 Å². The molecular formula is C27H30N2O7. The molecule has 0 saturated carbocycles. The van der Waals surface area contributed by atoms with Crippen molar-refractivity contribution in [3.05, 3.63) is 75.1 Å². The number of amides is 2. The van der Waals surface area contributed by atoms with Crippen LogP contribution in [0.1, 0.15) is 36.1 Å². The monoisotopic (exact) mass is 494 g/mol. The third-order valence-electron chi connectivity index (χ3n) is 5.93. The molecule has 0 fully saturated rings. The van der Waals surface area contributed by atoms with Crippen molar-refractivity contribution in [1.29, 1.82) is 0 Å². The van der Waals surface area contributed by atoms with E-state index >= 15 is 0 Å². The van der Waals surface area contributed by atoms with Gasteiger partial charge in [-0.2, -0.15) is 0 Å². The van der Waals surface area contributed by atoms with E-state index in [1.165, 1.54) is 0 Å². The van der Waals surface area contributed by atoms with E-state index in [1.54, 1.807) is 32.9 Å². The number of nitrogens with one attached hydrogen (secondary N) is 2. The van der Waals surface area contributed by atoms with E-state index in [4.69, 9.17) is 14.3 Å². The topological polar surface area (TPSA) is 135 Å². The number of carboxylic acids is 1. The summed E-state index contributed by atoms with van der Waals surface area (Å²) in [5, 5.41) is 14.7. The van der Waals surface area contributed by atoms with Crippen molar-refractivity contribution in [2.24, 2.45) is 5.92 Å². The van der Waals surface area contributed by atoms with Crippen LogP contribution in [0, 0.1) is 19.8 Å². The van der Waals surface area contributed by atoms with Crippen LogP contribution in [-0.2, 0) is 20.8 Å². The smallest absolute Gasteiger partial charge is 0.340 e. The molecule has 3 rings (SSSR count). The largest absolute Gasteiger partial charge is 0.483 e. The van der Waals surface area contributed by atoms with Gasteiger partial charge in [-0.15, -0.1) is 0 Å². The first-order valence-corrected chi connectivity index (χ1v) is 11.6. The summed E-state index contributed by atoms with van der Waals surface area (Å²) in [6, 6.07) is 12.1.